The fraction of sp³-hybridized carbons (Fsp3) is 0.579. The molecular weight excluding hydrogens is 891 g/mol. The second-order valence-electron chi connectivity index (χ2n) is 13.7. The molecule has 354 valence electrons. The summed E-state index contributed by atoms with van der Waals surface area (Å²) in [6.45, 7) is 3.64. The van der Waals surface area contributed by atoms with Crippen LogP contribution in [0.3, 0.4) is 0 Å². The summed E-state index contributed by atoms with van der Waals surface area (Å²) < 4.78 is 123. The van der Waals surface area contributed by atoms with E-state index < -0.39 is 93.5 Å². The van der Waals surface area contributed by atoms with Crippen molar-refractivity contribution in [3.05, 3.63) is 65.0 Å². The van der Waals surface area contributed by atoms with Gasteiger partial charge >= 0.3 is 5.97 Å². The monoisotopic (exact) mass is 943 g/mol. The third kappa shape index (κ3) is 19.2. The van der Waals surface area contributed by atoms with E-state index in [1.807, 2.05) is 0 Å². The molecule has 2 aromatic carbocycles. The first kappa shape index (κ1) is 53.2. The summed E-state index contributed by atoms with van der Waals surface area (Å²) in [5, 5.41) is 43.7. The molecular formula is C38H53F4N5O14S2. The maximum Gasteiger partial charge on any atom is 0.313 e. The molecule has 5 atom stereocenters. The van der Waals surface area contributed by atoms with Crippen molar-refractivity contribution in [1.29, 1.82) is 5.53 Å². The molecule has 1 unspecified atom stereocenters. The topological polar surface area (TPSA) is 269 Å². The lowest BCUT2D eigenvalue weighted by Crippen LogP contribution is -2.59. The van der Waals surface area contributed by atoms with Crippen LogP contribution in [-0.4, -0.2) is 142 Å². The highest BCUT2D eigenvalue weighted by Gasteiger charge is 2.45. The Morgan fingerprint density at radius 1 is 0.841 bits per heavy atom. The number of rotatable bonds is 29. The Kier molecular flexibility index (Phi) is 23.6. The molecule has 0 amide bonds. The number of nitrogens with one attached hydrogen (secondary N) is 4. The van der Waals surface area contributed by atoms with Crippen LogP contribution in [0.1, 0.15) is 37.7 Å². The molecule has 1 saturated heterocycles. The molecule has 1 fully saturated rings. The minimum absolute atomic E-state index is 0.105. The van der Waals surface area contributed by atoms with E-state index in [0.717, 1.165) is 19.8 Å². The van der Waals surface area contributed by atoms with Gasteiger partial charge < -0.3 is 64.4 Å². The number of unbranched alkanes of at least 4 members (excludes halogenated alkanes) is 1. The average molecular weight is 944 g/mol. The van der Waals surface area contributed by atoms with Gasteiger partial charge in [0, 0.05) is 30.5 Å². The van der Waals surface area contributed by atoms with Crippen LogP contribution in [0.2, 0.25) is 0 Å². The third-order valence-electron chi connectivity index (χ3n) is 8.87. The van der Waals surface area contributed by atoms with Crippen LogP contribution in [0.15, 0.2) is 41.3 Å². The van der Waals surface area contributed by atoms with Crippen LogP contribution in [-0.2, 0) is 38.6 Å². The first-order valence-electron chi connectivity index (χ1n) is 19.6. The molecule has 19 nitrogen and oxygen atoms in total. The fourth-order valence-corrected chi connectivity index (χ4v) is 6.20. The number of allylic oxidation sites excluding steroid dienone is 1. The third-order valence-corrected chi connectivity index (χ3v) is 9.86. The molecule has 1 aliphatic rings. The van der Waals surface area contributed by atoms with Gasteiger partial charge in [0.2, 0.25) is 17.9 Å². The van der Waals surface area contributed by atoms with Crippen LogP contribution >= 0.6 is 12.2 Å². The van der Waals surface area contributed by atoms with Gasteiger partial charge in [0.05, 0.1) is 76.8 Å². The molecule has 1 heterocycles. The SMILES string of the molecule is Cc1c(F)c(F)c(F)c(OC(=O)CCOCCOCCOCCOCCN/C=C(/CCCCNC(=S)Nc2ccc(OC3O[C@H](CCS(=O)(=O)O)[C@@H](O)[C@H](O)[C@@H]3O)cc2)N=N)c1F. The quantitative estimate of drug-likeness (QED) is 0.00670. The fourth-order valence-electron chi connectivity index (χ4n) is 5.45. The zero-order valence-corrected chi connectivity index (χ0v) is 35.9. The van der Waals surface area contributed by atoms with Gasteiger partial charge in [0.25, 0.3) is 10.1 Å². The van der Waals surface area contributed by atoms with Gasteiger partial charge in [-0.15, -0.1) is 0 Å². The van der Waals surface area contributed by atoms with Gasteiger partial charge in [-0.2, -0.15) is 17.9 Å². The number of aliphatic hydroxyl groups is 3. The van der Waals surface area contributed by atoms with E-state index in [1.165, 1.54) is 0 Å². The van der Waals surface area contributed by atoms with E-state index in [2.05, 4.69) is 25.8 Å². The lowest BCUT2D eigenvalue weighted by Gasteiger charge is -2.40. The first-order valence-corrected chi connectivity index (χ1v) is 21.6. The molecule has 1 aliphatic heterocycles. The Morgan fingerprint density at radius 2 is 1.46 bits per heavy atom. The van der Waals surface area contributed by atoms with E-state index >= 15 is 0 Å². The predicted molar refractivity (Wildman–Crippen MR) is 219 cm³/mol. The van der Waals surface area contributed by atoms with Crippen molar-refractivity contribution in [3.63, 3.8) is 0 Å². The standard InChI is InChI=1S/C38H53F4N5O14S2/c1-23-29(39)31(41)32(42)36(30(23)40)61-28(48)9-13-55-15-17-57-19-20-58-18-16-56-14-12-44-22-25(47-43)4-2-3-11-45-38(62)46-24-5-7-26(8-6-24)59-37-35(51)34(50)33(49)27(60-37)10-21-63(52,53)54/h5-8,22,27,33-35,37,43-44,49-51H,2-4,9-21H2,1H3,(H2,45,46,62)(H,52,53,54)/b25-22-,47-43?/t27-,33-,34+,35+,37?/m1/s1. The maximum atomic E-state index is 14.0. The van der Waals surface area contributed by atoms with Gasteiger partial charge in [-0.1, -0.05) is 0 Å². The highest BCUT2D eigenvalue weighted by Crippen LogP contribution is 2.30. The Bertz CT molecular complexity index is 1880. The highest BCUT2D eigenvalue weighted by molar-refractivity contribution is 7.85. The molecule has 63 heavy (non-hydrogen) atoms. The van der Waals surface area contributed by atoms with Crippen LogP contribution in [0.25, 0.3) is 0 Å². The van der Waals surface area contributed by atoms with E-state index in [4.69, 9.17) is 50.7 Å². The van der Waals surface area contributed by atoms with Crippen LogP contribution in [0.4, 0.5) is 23.2 Å². The first-order chi connectivity index (χ1) is 30.0. The number of nitrogens with zero attached hydrogens (tertiary/aromatic N) is 1. The lowest BCUT2D eigenvalue weighted by atomic mass is 9.97. The number of hydrogen-bond acceptors (Lipinski definition) is 17. The van der Waals surface area contributed by atoms with E-state index in [0.29, 0.717) is 62.4 Å². The number of anilines is 1. The van der Waals surface area contributed by atoms with Gasteiger partial charge in [-0.05, 0) is 69.1 Å². The van der Waals surface area contributed by atoms with Crippen LogP contribution < -0.4 is 25.4 Å². The minimum Gasteiger partial charge on any atom is -0.462 e. The van der Waals surface area contributed by atoms with Crippen molar-refractivity contribution in [1.82, 2.24) is 10.6 Å². The van der Waals surface area contributed by atoms with E-state index in [-0.39, 0.29) is 38.6 Å². The highest BCUT2D eigenvalue weighted by atomic mass is 32.2. The van der Waals surface area contributed by atoms with Crippen molar-refractivity contribution in [2.24, 2.45) is 5.11 Å². The Hall–Kier alpha value is -4.15. The molecule has 25 heteroatoms. The Balaban J connectivity index is 1.14. The summed E-state index contributed by atoms with van der Waals surface area (Å²) >= 11 is 5.35. The Labute approximate surface area is 366 Å². The molecule has 0 radical (unpaired) electrons. The number of aliphatic hydroxyl groups excluding tert-OH is 3. The molecule has 3 rings (SSSR count). The zero-order valence-electron chi connectivity index (χ0n) is 34.2. The van der Waals surface area contributed by atoms with E-state index in [1.54, 1.807) is 30.5 Å². The number of halogens is 4. The number of esters is 1. The molecule has 8 N–H and O–H groups in total. The van der Waals surface area contributed by atoms with E-state index in [9.17, 15) is 46.1 Å². The maximum absolute atomic E-state index is 14.0. The number of thiocarbonyl (C=S) groups is 1. The number of benzene rings is 2. The summed E-state index contributed by atoms with van der Waals surface area (Å²) in [6.07, 6.45) is -4.60. The second-order valence-corrected chi connectivity index (χ2v) is 15.6. The summed E-state index contributed by atoms with van der Waals surface area (Å²) in [4.78, 5) is 11.8. The van der Waals surface area contributed by atoms with Crippen LogP contribution in [0, 0.1) is 35.7 Å². The van der Waals surface area contributed by atoms with Crippen LogP contribution in [0.5, 0.6) is 11.5 Å². The van der Waals surface area contributed by atoms with Crippen molar-refractivity contribution in [2.45, 2.75) is 69.7 Å². The summed E-state index contributed by atoms with van der Waals surface area (Å²) in [6, 6.07) is 6.37. The average Bonchev–Trinajstić information content (AvgIpc) is 3.25. The number of ether oxygens (including phenoxy) is 7. The van der Waals surface area contributed by atoms with Gasteiger partial charge in [0.15, 0.2) is 22.6 Å². The minimum atomic E-state index is -4.35. The van der Waals surface area contributed by atoms with Crippen molar-refractivity contribution in [3.8, 4) is 11.5 Å². The smallest absolute Gasteiger partial charge is 0.313 e. The molecule has 0 bridgehead atoms. The predicted octanol–water partition coefficient (Wildman–Crippen LogP) is 3.00. The van der Waals surface area contributed by atoms with Gasteiger partial charge in [0.1, 0.15) is 24.1 Å². The lowest BCUT2D eigenvalue weighted by molar-refractivity contribution is -0.272. The summed E-state index contributed by atoms with van der Waals surface area (Å²) in [5.41, 5.74) is 7.78. The number of carbonyl (C=O) groups excluding carboxylic acids is 1. The zero-order chi connectivity index (χ0) is 46.4. The second kappa shape index (κ2) is 27.9. The van der Waals surface area contributed by atoms with Crippen molar-refractivity contribution < 1.29 is 83.8 Å². The summed E-state index contributed by atoms with van der Waals surface area (Å²) in [5.74, 6) is -9.96. The van der Waals surface area contributed by atoms with Gasteiger partial charge in [-0.25, -0.2) is 18.7 Å². The number of carbonyl (C=O) groups is 1. The molecule has 0 aromatic heterocycles. The summed E-state index contributed by atoms with van der Waals surface area (Å²) in [7, 11) is -4.35. The molecule has 0 saturated carbocycles. The molecule has 0 spiro atoms. The largest absolute Gasteiger partial charge is 0.462 e. The normalized spacial score (nSPS) is 19.1. The number of hydrogen-bond donors (Lipinski definition) is 8. The van der Waals surface area contributed by atoms with Crippen molar-refractivity contribution in [2.75, 3.05) is 77.0 Å². The molecule has 2 aromatic rings. The molecule has 0 aliphatic carbocycles. The Morgan fingerprint density at radius 3 is 2.08 bits per heavy atom. The van der Waals surface area contributed by atoms with Gasteiger partial charge in [-0.3, -0.25) is 9.35 Å². The van der Waals surface area contributed by atoms with Crippen molar-refractivity contribution >= 4 is 39.1 Å².